The van der Waals surface area contributed by atoms with Crippen LogP contribution in [0.4, 0.5) is 0 Å². The summed E-state index contributed by atoms with van der Waals surface area (Å²) in [7, 11) is 1.67. The van der Waals surface area contributed by atoms with Gasteiger partial charge in [0, 0.05) is 18.8 Å². The van der Waals surface area contributed by atoms with E-state index in [2.05, 4.69) is 18.0 Å². The van der Waals surface area contributed by atoms with Crippen LogP contribution in [-0.2, 0) is 6.42 Å². The highest BCUT2D eigenvalue weighted by atomic mass is 16.5. The van der Waals surface area contributed by atoms with Crippen molar-refractivity contribution in [2.24, 2.45) is 5.73 Å². The van der Waals surface area contributed by atoms with Gasteiger partial charge < -0.3 is 15.0 Å². The Kier molecular flexibility index (Phi) is 3.44. The van der Waals surface area contributed by atoms with E-state index in [1.165, 1.54) is 5.56 Å². The molecule has 2 rings (SSSR count). The van der Waals surface area contributed by atoms with Crippen molar-refractivity contribution in [2.75, 3.05) is 13.7 Å². The molecule has 0 bridgehead atoms. The molecule has 1 aromatic heterocycles. The third kappa shape index (κ3) is 2.31. The first-order chi connectivity index (χ1) is 8.26. The Morgan fingerprint density at radius 3 is 2.94 bits per heavy atom. The van der Waals surface area contributed by atoms with Crippen LogP contribution < -0.4 is 10.5 Å². The lowest BCUT2D eigenvalue weighted by Gasteiger charge is -2.12. The Hall–Kier alpha value is -1.81. The van der Waals surface area contributed by atoms with Gasteiger partial charge in [0.2, 0.25) is 0 Å². The number of benzene rings is 1. The van der Waals surface area contributed by atoms with Crippen molar-refractivity contribution in [3.8, 4) is 11.4 Å². The fourth-order valence-corrected chi connectivity index (χ4v) is 1.86. The molecule has 0 aliphatic heterocycles. The summed E-state index contributed by atoms with van der Waals surface area (Å²) in [6.45, 7) is 2.65. The Balaban J connectivity index is 2.51. The van der Waals surface area contributed by atoms with Crippen molar-refractivity contribution >= 4 is 0 Å². The second-order valence-corrected chi connectivity index (χ2v) is 3.93. The van der Waals surface area contributed by atoms with Crippen LogP contribution in [0.15, 0.2) is 30.6 Å². The number of hydrogen-bond acceptors (Lipinski definition) is 3. The van der Waals surface area contributed by atoms with Gasteiger partial charge >= 0.3 is 0 Å². The highest BCUT2D eigenvalue weighted by Crippen LogP contribution is 2.24. The Morgan fingerprint density at radius 2 is 2.24 bits per heavy atom. The first-order valence-electron chi connectivity index (χ1n) is 5.63. The number of ether oxygens (including phenoxy) is 1. The van der Waals surface area contributed by atoms with E-state index in [4.69, 9.17) is 10.5 Å². The van der Waals surface area contributed by atoms with E-state index in [-0.39, 0.29) is 0 Å². The maximum Gasteiger partial charge on any atom is 0.142 e. The number of hydrogen-bond donors (Lipinski definition) is 1. The number of nitrogens with zero attached hydrogens (tertiary/aromatic N) is 2. The lowest BCUT2D eigenvalue weighted by molar-refractivity contribution is 0.412. The van der Waals surface area contributed by atoms with Crippen LogP contribution in [0, 0.1) is 6.92 Å². The van der Waals surface area contributed by atoms with Crippen molar-refractivity contribution < 1.29 is 4.74 Å². The van der Waals surface area contributed by atoms with Gasteiger partial charge in [-0.25, -0.2) is 4.98 Å². The maximum atomic E-state index is 5.58. The molecule has 0 atom stereocenters. The van der Waals surface area contributed by atoms with Crippen LogP contribution in [0.1, 0.15) is 11.4 Å². The van der Waals surface area contributed by atoms with Gasteiger partial charge in [-0.1, -0.05) is 6.07 Å². The number of aromatic nitrogens is 2. The molecule has 1 aromatic carbocycles. The quantitative estimate of drug-likeness (QED) is 0.871. The molecule has 1 heterocycles. The van der Waals surface area contributed by atoms with Gasteiger partial charge in [-0.15, -0.1) is 0 Å². The molecular weight excluding hydrogens is 214 g/mol. The van der Waals surface area contributed by atoms with Crippen LogP contribution in [-0.4, -0.2) is 23.2 Å². The highest BCUT2D eigenvalue weighted by molar-refractivity contribution is 5.49. The van der Waals surface area contributed by atoms with Gasteiger partial charge in [0.05, 0.1) is 12.8 Å². The predicted molar refractivity (Wildman–Crippen MR) is 67.6 cm³/mol. The zero-order chi connectivity index (χ0) is 12.3. The van der Waals surface area contributed by atoms with Gasteiger partial charge in [-0.2, -0.15) is 0 Å². The topological polar surface area (TPSA) is 53.1 Å². The van der Waals surface area contributed by atoms with Gasteiger partial charge in [0.25, 0.3) is 0 Å². The largest absolute Gasteiger partial charge is 0.495 e. The molecule has 0 fully saturated rings. The van der Waals surface area contributed by atoms with Crippen molar-refractivity contribution in [3.05, 3.63) is 42.0 Å². The lowest BCUT2D eigenvalue weighted by atomic mass is 10.2. The van der Waals surface area contributed by atoms with E-state index in [0.717, 1.165) is 23.7 Å². The summed E-state index contributed by atoms with van der Waals surface area (Å²) in [6, 6.07) is 6.08. The molecule has 0 radical (unpaired) electrons. The van der Waals surface area contributed by atoms with Crippen LogP contribution in [0.3, 0.4) is 0 Å². The summed E-state index contributed by atoms with van der Waals surface area (Å²) in [5, 5.41) is 0. The average Bonchev–Trinajstić information content (AvgIpc) is 2.77. The first kappa shape index (κ1) is 11.7. The first-order valence-corrected chi connectivity index (χ1v) is 5.63. The molecule has 0 saturated heterocycles. The minimum absolute atomic E-state index is 0.588. The van der Waals surface area contributed by atoms with Crippen molar-refractivity contribution in [1.29, 1.82) is 0 Å². The molecule has 4 nitrogen and oxygen atoms in total. The van der Waals surface area contributed by atoms with Crippen LogP contribution in [0.25, 0.3) is 5.69 Å². The van der Waals surface area contributed by atoms with E-state index in [1.54, 1.807) is 13.3 Å². The summed E-state index contributed by atoms with van der Waals surface area (Å²) in [5.41, 5.74) is 7.78. The van der Waals surface area contributed by atoms with Gasteiger partial charge in [-0.3, -0.25) is 0 Å². The summed E-state index contributed by atoms with van der Waals surface area (Å²) in [5.74, 6) is 1.79. The van der Waals surface area contributed by atoms with Gasteiger partial charge in [0.15, 0.2) is 0 Å². The van der Waals surface area contributed by atoms with Crippen LogP contribution in [0.5, 0.6) is 5.75 Å². The molecule has 2 N–H and O–H groups in total. The number of aryl methyl sites for hydroxylation is 1. The normalized spacial score (nSPS) is 10.5. The summed E-state index contributed by atoms with van der Waals surface area (Å²) in [6.07, 6.45) is 4.47. The fraction of sp³-hybridized carbons (Fsp3) is 0.308. The predicted octanol–water partition coefficient (Wildman–Crippen LogP) is 1.69. The van der Waals surface area contributed by atoms with E-state index >= 15 is 0 Å². The lowest BCUT2D eigenvalue weighted by Crippen LogP contribution is -2.09. The summed E-state index contributed by atoms with van der Waals surface area (Å²) >= 11 is 0. The molecular formula is C13H17N3O. The summed E-state index contributed by atoms with van der Waals surface area (Å²) in [4.78, 5) is 4.31. The van der Waals surface area contributed by atoms with E-state index in [0.29, 0.717) is 6.54 Å². The molecule has 0 spiro atoms. The Morgan fingerprint density at radius 1 is 1.41 bits per heavy atom. The van der Waals surface area contributed by atoms with Crippen molar-refractivity contribution in [2.45, 2.75) is 13.3 Å². The molecule has 0 aliphatic rings. The third-order valence-corrected chi connectivity index (χ3v) is 2.68. The number of nitrogens with two attached hydrogens (primary N) is 1. The summed E-state index contributed by atoms with van der Waals surface area (Å²) < 4.78 is 7.40. The Labute approximate surface area is 101 Å². The second-order valence-electron chi connectivity index (χ2n) is 3.93. The molecule has 0 unspecified atom stereocenters. The number of methoxy groups -OCH3 is 1. The van der Waals surface area contributed by atoms with Crippen molar-refractivity contribution in [1.82, 2.24) is 9.55 Å². The average molecular weight is 231 g/mol. The molecule has 90 valence electrons. The van der Waals surface area contributed by atoms with Crippen LogP contribution >= 0.6 is 0 Å². The SMILES string of the molecule is COc1ccc(C)cc1-n1ccnc1CCN. The van der Waals surface area contributed by atoms with Gasteiger partial charge in [-0.05, 0) is 31.2 Å². The van der Waals surface area contributed by atoms with E-state index < -0.39 is 0 Å². The monoisotopic (exact) mass is 231 g/mol. The third-order valence-electron chi connectivity index (χ3n) is 2.68. The van der Waals surface area contributed by atoms with E-state index in [9.17, 15) is 0 Å². The zero-order valence-corrected chi connectivity index (χ0v) is 10.2. The van der Waals surface area contributed by atoms with E-state index in [1.807, 2.05) is 22.9 Å². The maximum absolute atomic E-state index is 5.58. The molecule has 0 aliphatic carbocycles. The molecule has 4 heteroatoms. The smallest absolute Gasteiger partial charge is 0.142 e. The number of imidazole rings is 1. The minimum atomic E-state index is 0.588. The van der Waals surface area contributed by atoms with Crippen molar-refractivity contribution in [3.63, 3.8) is 0 Å². The number of rotatable bonds is 4. The standard InChI is InChI=1S/C13H17N3O/c1-10-3-4-12(17-2)11(9-10)16-8-7-15-13(16)5-6-14/h3-4,7-9H,5-6,14H2,1-2H3. The second kappa shape index (κ2) is 5.01. The van der Waals surface area contributed by atoms with Gasteiger partial charge in [0.1, 0.15) is 11.6 Å². The minimum Gasteiger partial charge on any atom is -0.495 e. The molecule has 17 heavy (non-hydrogen) atoms. The fourth-order valence-electron chi connectivity index (χ4n) is 1.86. The molecule has 0 amide bonds. The van der Waals surface area contributed by atoms with Crippen LogP contribution in [0.2, 0.25) is 0 Å². The molecule has 2 aromatic rings. The highest BCUT2D eigenvalue weighted by Gasteiger charge is 2.09. The zero-order valence-electron chi connectivity index (χ0n) is 10.2. The molecule has 0 saturated carbocycles. The Bertz CT molecular complexity index is 505.